The molecule has 3 heteroatoms. The molecule has 52 valence electrons. The molecule has 0 amide bonds. The van der Waals surface area contributed by atoms with Crippen molar-refractivity contribution in [2.45, 2.75) is 0 Å². The number of quaternary nitrogens is 1. The summed E-state index contributed by atoms with van der Waals surface area (Å²) in [6.45, 7) is 3.54. The molecule has 0 radical (unpaired) electrons. The van der Waals surface area contributed by atoms with Gasteiger partial charge in [-0.25, -0.2) is 4.98 Å². The summed E-state index contributed by atoms with van der Waals surface area (Å²) >= 11 is 0. The maximum absolute atomic E-state index is 10.3. The van der Waals surface area contributed by atoms with Gasteiger partial charge in [0.15, 0.2) is 0 Å². The Morgan fingerprint density at radius 2 is 2.50 bits per heavy atom. The van der Waals surface area contributed by atoms with Gasteiger partial charge in [0.1, 0.15) is 0 Å². The van der Waals surface area contributed by atoms with Crippen molar-refractivity contribution in [2.24, 2.45) is 0 Å². The Morgan fingerprint density at radius 3 is 3.00 bits per heavy atom. The van der Waals surface area contributed by atoms with Crippen molar-refractivity contribution >= 4 is 11.9 Å². The maximum atomic E-state index is 10.3. The molecule has 3 nitrogen and oxygen atoms in total. The summed E-state index contributed by atoms with van der Waals surface area (Å²) < 4.78 is 0. The Kier molecular flexibility index (Phi) is 2.15. The number of aromatic nitrogens is 1. The fourth-order valence-electron chi connectivity index (χ4n) is 0.701. The Bertz CT molecular complexity index is 235. The number of hydrogen-bond donors (Lipinski definition) is 1. The molecule has 0 aliphatic rings. The Morgan fingerprint density at radius 1 is 1.70 bits per heavy atom. The third-order valence-electron chi connectivity index (χ3n) is 1.20. The third-order valence-corrected chi connectivity index (χ3v) is 1.20. The lowest BCUT2D eigenvalue weighted by atomic mass is 10.2. The van der Waals surface area contributed by atoms with Crippen LogP contribution in [0.15, 0.2) is 24.9 Å². The minimum atomic E-state index is 0.442. The lowest BCUT2D eigenvalue weighted by Gasteiger charge is -2.01. The topological polar surface area (TPSA) is 52.6 Å². The third kappa shape index (κ3) is 1.21. The van der Waals surface area contributed by atoms with Crippen molar-refractivity contribution in [3.63, 3.8) is 0 Å². The minimum Gasteiger partial charge on any atom is -0.629 e. The predicted octanol–water partition coefficient (Wildman–Crippen LogP) is 0.417. The average Bonchev–Trinajstić information content (AvgIpc) is 2.04. The van der Waals surface area contributed by atoms with Crippen molar-refractivity contribution in [2.75, 3.05) is 0 Å². The Labute approximate surface area is 59.0 Å². The van der Waals surface area contributed by atoms with E-state index in [1.54, 1.807) is 24.4 Å². The van der Waals surface area contributed by atoms with Crippen LogP contribution in [0.1, 0.15) is 5.56 Å². The number of nitrogens with zero attached hydrogens (tertiary/aromatic N) is 1. The molecular weight excluding hydrogens is 128 g/mol. The standard InChI is InChI=1S/C7H8N2O/c1-2-6-4-3-5-8-7(6)9-10/h2-5H,1,9H2. The molecule has 1 aromatic rings. The second kappa shape index (κ2) is 3.10. The zero-order chi connectivity index (χ0) is 7.40. The quantitative estimate of drug-likeness (QED) is 0.599. The Balaban J connectivity index is 3.08. The lowest BCUT2D eigenvalue weighted by molar-refractivity contribution is -0.501. The van der Waals surface area contributed by atoms with E-state index in [9.17, 15) is 5.21 Å². The van der Waals surface area contributed by atoms with E-state index >= 15 is 0 Å². The van der Waals surface area contributed by atoms with Gasteiger partial charge in [-0.05, 0) is 12.1 Å². The highest BCUT2D eigenvalue weighted by Gasteiger charge is 1.96. The van der Waals surface area contributed by atoms with Crippen molar-refractivity contribution in [3.05, 3.63) is 35.7 Å². The minimum absolute atomic E-state index is 0.442. The van der Waals surface area contributed by atoms with Gasteiger partial charge >= 0.3 is 0 Å². The highest BCUT2D eigenvalue weighted by molar-refractivity contribution is 5.54. The normalized spacial score (nSPS) is 9.30. The first-order valence-corrected chi connectivity index (χ1v) is 2.91. The van der Waals surface area contributed by atoms with Crippen LogP contribution >= 0.6 is 0 Å². The molecule has 0 aromatic carbocycles. The zero-order valence-electron chi connectivity index (χ0n) is 5.45. The predicted molar refractivity (Wildman–Crippen MR) is 39.3 cm³/mol. The largest absolute Gasteiger partial charge is 0.629 e. The summed E-state index contributed by atoms with van der Waals surface area (Å²) in [6.07, 6.45) is 3.19. The van der Waals surface area contributed by atoms with E-state index in [-0.39, 0.29) is 0 Å². The molecule has 1 rings (SSSR count). The molecule has 0 fully saturated rings. The highest BCUT2D eigenvalue weighted by Crippen LogP contribution is 2.05. The van der Waals surface area contributed by atoms with Gasteiger partial charge in [0.05, 0.1) is 5.56 Å². The molecule has 0 aliphatic heterocycles. The van der Waals surface area contributed by atoms with Gasteiger partial charge in [-0.2, -0.15) is 0 Å². The molecule has 1 aromatic heterocycles. The first-order chi connectivity index (χ1) is 4.88. The zero-order valence-corrected chi connectivity index (χ0v) is 5.45. The first kappa shape index (κ1) is 6.92. The van der Waals surface area contributed by atoms with Gasteiger partial charge in [-0.3, -0.25) is 0 Å². The first-order valence-electron chi connectivity index (χ1n) is 2.91. The lowest BCUT2D eigenvalue weighted by Crippen LogP contribution is -2.71. The molecule has 10 heavy (non-hydrogen) atoms. The second-order valence-electron chi connectivity index (χ2n) is 1.80. The van der Waals surface area contributed by atoms with Gasteiger partial charge < -0.3 is 10.7 Å². The van der Waals surface area contributed by atoms with Crippen LogP contribution in [0.5, 0.6) is 0 Å². The maximum Gasteiger partial charge on any atom is 0.231 e. The van der Waals surface area contributed by atoms with Crippen LogP contribution in [0.3, 0.4) is 0 Å². The fraction of sp³-hybridized carbons (Fsp3) is 0. The Hall–Kier alpha value is -1.19. The summed E-state index contributed by atoms with van der Waals surface area (Å²) in [6, 6.07) is 3.56. The van der Waals surface area contributed by atoms with E-state index in [1.807, 2.05) is 0 Å². The summed E-state index contributed by atoms with van der Waals surface area (Å²) in [5, 5.41) is 10.3. The summed E-state index contributed by atoms with van der Waals surface area (Å²) in [4.78, 5) is 3.83. The van der Waals surface area contributed by atoms with Crippen molar-refractivity contribution in [1.29, 1.82) is 0 Å². The van der Waals surface area contributed by atoms with Crippen LogP contribution in [-0.2, 0) is 0 Å². The molecular formula is C7H8N2O. The van der Waals surface area contributed by atoms with Gasteiger partial charge in [0.2, 0.25) is 5.82 Å². The fourth-order valence-corrected chi connectivity index (χ4v) is 0.701. The molecule has 0 saturated heterocycles. The van der Waals surface area contributed by atoms with Gasteiger partial charge in [0, 0.05) is 6.20 Å². The van der Waals surface area contributed by atoms with E-state index < -0.39 is 0 Å². The van der Waals surface area contributed by atoms with E-state index in [0.29, 0.717) is 5.82 Å². The van der Waals surface area contributed by atoms with E-state index in [0.717, 1.165) is 11.0 Å². The van der Waals surface area contributed by atoms with Crippen LogP contribution in [0.25, 0.3) is 6.08 Å². The molecule has 0 bridgehead atoms. The van der Waals surface area contributed by atoms with Gasteiger partial charge in [-0.15, -0.1) is 0 Å². The van der Waals surface area contributed by atoms with E-state index in [1.165, 1.54) is 0 Å². The molecule has 0 unspecified atom stereocenters. The number of rotatable bonds is 2. The van der Waals surface area contributed by atoms with Crippen molar-refractivity contribution < 1.29 is 5.48 Å². The number of pyridine rings is 1. The van der Waals surface area contributed by atoms with Crippen LogP contribution in [0.4, 0.5) is 5.82 Å². The van der Waals surface area contributed by atoms with Gasteiger partial charge in [0.25, 0.3) is 0 Å². The molecule has 0 spiro atoms. The molecule has 2 N–H and O–H groups in total. The molecule has 0 atom stereocenters. The van der Waals surface area contributed by atoms with Crippen molar-refractivity contribution in [1.82, 2.24) is 4.98 Å². The summed E-state index contributed by atoms with van der Waals surface area (Å²) in [7, 11) is 0. The average molecular weight is 136 g/mol. The van der Waals surface area contributed by atoms with Gasteiger partial charge in [-0.1, -0.05) is 12.7 Å². The van der Waals surface area contributed by atoms with Crippen LogP contribution in [0, 0.1) is 5.21 Å². The van der Waals surface area contributed by atoms with Crippen LogP contribution in [0.2, 0.25) is 0 Å². The summed E-state index contributed by atoms with van der Waals surface area (Å²) in [5.74, 6) is 0.442. The smallest absolute Gasteiger partial charge is 0.231 e. The van der Waals surface area contributed by atoms with Crippen LogP contribution < -0.4 is 5.48 Å². The SMILES string of the molecule is C=Cc1cccnc1[NH2+][O-]. The molecule has 0 saturated carbocycles. The molecule has 0 aliphatic carbocycles. The highest BCUT2D eigenvalue weighted by atomic mass is 16.5. The number of hydrogen-bond acceptors (Lipinski definition) is 2. The monoisotopic (exact) mass is 136 g/mol. The summed E-state index contributed by atoms with van der Waals surface area (Å²) in [5.41, 5.74) is 1.49. The van der Waals surface area contributed by atoms with E-state index in [4.69, 9.17) is 0 Å². The second-order valence-corrected chi connectivity index (χ2v) is 1.80. The molecule has 1 heterocycles. The van der Waals surface area contributed by atoms with E-state index in [2.05, 4.69) is 11.6 Å². The van der Waals surface area contributed by atoms with Crippen molar-refractivity contribution in [3.8, 4) is 0 Å². The number of nitrogens with two attached hydrogens (primary N) is 1. The van der Waals surface area contributed by atoms with Crippen LogP contribution in [-0.4, -0.2) is 4.98 Å².